The Labute approximate surface area is 212 Å². The van der Waals surface area contributed by atoms with E-state index in [1.54, 1.807) is 41.3 Å². The number of carboxylic acid groups (broad SMARTS) is 1. The van der Waals surface area contributed by atoms with E-state index >= 15 is 0 Å². The highest BCUT2D eigenvalue weighted by molar-refractivity contribution is 5.94. The van der Waals surface area contributed by atoms with Gasteiger partial charge in [0, 0.05) is 24.7 Å². The lowest BCUT2D eigenvalue weighted by molar-refractivity contribution is -0.136. The van der Waals surface area contributed by atoms with E-state index in [4.69, 9.17) is 9.84 Å². The molecule has 1 aliphatic rings. The summed E-state index contributed by atoms with van der Waals surface area (Å²) >= 11 is 0. The van der Waals surface area contributed by atoms with Gasteiger partial charge in [-0.25, -0.2) is 4.79 Å². The number of carboxylic acids is 1. The molecule has 194 valence electrons. The van der Waals surface area contributed by atoms with Crippen molar-refractivity contribution in [3.05, 3.63) is 59.7 Å². The van der Waals surface area contributed by atoms with Crippen LogP contribution in [0.4, 0.5) is 4.79 Å². The number of amides is 2. The minimum Gasteiger partial charge on any atom is -0.508 e. The first-order valence-corrected chi connectivity index (χ1v) is 12.4. The van der Waals surface area contributed by atoms with Gasteiger partial charge in [0.1, 0.15) is 11.5 Å². The summed E-state index contributed by atoms with van der Waals surface area (Å²) in [5.74, 6) is -0.255. The molecule has 1 saturated carbocycles. The summed E-state index contributed by atoms with van der Waals surface area (Å²) in [6, 6.07) is 13.0. The lowest BCUT2D eigenvalue weighted by atomic mass is 9.71. The van der Waals surface area contributed by atoms with Crippen molar-refractivity contribution in [2.75, 3.05) is 6.54 Å². The van der Waals surface area contributed by atoms with Crippen molar-refractivity contribution >= 4 is 18.0 Å². The van der Waals surface area contributed by atoms with E-state index in [0.29, 0.717) is 23.8 Å². The third-order valence-corrected chi connectivity index (χ3v) is 6.83. The zero-order valence-electron chi connectivity index (χ0n) is 21.2. The van der Waals surface area contributed by atoms with Gasteiger partial charge in [-0.1, -0.05) is 32.9 Å². The van der Waals surface area contributed by atoms with Crippen LogP contribution in [0, 0.1) is 11.3 Å². The summed E-state index contributed by atoms with van der Waals surface area (Å²) in [4.78, 5) is 37.9. The van der Waals surface area contributed by atoms with Gasteiger partial charge in [-0.3, -0.25) is 9.59 Å². The Hall–Kier alpha value is -3.55. The van der Waals surface area contributed by atoms with E-state index in [2.05, 4.69) is 26.1 Å². The van der Waals surface area contributed by atoms with Crippen molar-refractivity contribution < 1.29 is 29.3 Å². The van der Waals surface area contributed by atoms with Crippen LogP contribution in [0.25, 0.3) is 0 Å². The Morgan fingerprint density at radius 3 is 2.14 bits per heavy atom. The van der Waals surface area contributed by atoms with Crippen LogP contribution in [0.1, 0.15) is 68.8 Å². The van der Waals surface area contributed by atoms with Crippen LogP contribution >= 0.6 is 0 Å². The molecule has 2 aromatic carbocycles. The largest absolute Gasteiger partial charge is 0.508 e. The molecule has 3 N–H and O–H groups in total. The van der Waals surface area contributed by atoms with Crippen LogP contribution in [-0.2, 0) is 11.3 Å². The minimum absolute atomic E-state index is 0.0345. The van der Waals surface area contributed by atoms with Gasteiger partial charge < -0.3 is 25.2 Å². The lowest BCUT2D eigenvalue weighted by Gasteiger charge is -2.40. The number of carbonyl (C=O) groups is 3. The Bertz CT molecular complexity index is 1040. The van der Waals surface area contributed by atoms with Gasteiger partial charge in [-0.05, 0) is 79.0 Å². The van der Waals surface area contributed by atoms with E-state index in [1.807, 2.05) is 0 Å². The number of benzene rings is 2. The van der Waals surface area contributed by atoms with E-state index in [1.165, 1.54) is 12.1 Å². The second-order valence-corrected chi connectivity index (χ2v) is 10.5. The molecular formula is C28H36N2O6. The predicted molar refractivity (Wildman–Crippen MR) is 136 cm³/mol. The summed E-state index contributed by atoms with van der Waals surface area (Å²) in [7, 11) is 0. The monoisotopic (exact) mass is 496 g/mol. The molecule has 0 atom stereocenters. The topological polar surface area (TPSA) is 116 Å². The number of phenolic OH excluding ortho intramolecular Hbond substituents is 1. The zero-order valence-corrected chi connectivity index (χ0v) is 21.2. The molecule has 0 aromatic heterocycles. The Balaban J connectivity index is 1.71. The van der Waals surface area contributed by atoms with Gasteiger partial charge in [0.25, 0.3) is 5.91 Å². The number of aromatic hydroxyl groups is 1. The molecule has 0 bridgehead atoms. The number of carbonyl (C=O) groups excluding carboxylic acids is 2. The summed E-state index contributed by atoms with van der Waals surface area (Å²) in [5.41, 5.74) is 1.51. The van der Waals surface area contributed by atoms with E-state index in [0.717, 1.165) is 31.2 Å². The number of nitrogens with one attached hydrogen (secondary N) is 1. The van der Waals surface area contributed by atoms with E-state index in [9.17, 15) is 19.5 Å². The molecule has 0 spiro atoms. The first kappa shape index (κ1) is 27.0. The SMILES string of the molecule is CC(C)(C)C1CCC(N(Cc2ccc(C(=O)NCCC(=O)O)cc2)C(=O)Oc2ccc(O)cc2)CC1. The van der Waals surface area contributed by atoms with Crippen LogP contribution in [0.3, 0.4) is 0 Å². The maximum absolute atomic E-state index is 13.3. The first-order valence-electron chi connectivity index (χ1n) is 12.4. The Morgan fingerprint density at radius 1 is 0.972 bits per heavy atom. The molecule has 2 aromatic rings. The molecule has 0 aliphatic heterocycles. The van der Waals surface area contributed by atoms with Crippen molar-refractivity contribution in [2.24, 2.45) is 11.3 Å². The highest BCUT2D eigenvalue weighted by Gasteiger charge is 2.34. The fourth-order valence-electron chi connectivity index (χ4n) is 4.61. The lowest BCUT2D eigenvalue weighted by Crippen LogP contribution is -2.44. The second kappa shape index (κ2) is 11.9. The molecular weight excluding hydrogens is 460 g/mol. The van der Waals surface area contributed by atoms with Gasteiger partial charge >= 0.3 is 12.1 Å². The second-order valence-electron chi connectivity index (χ2n) is 10.5. The van der Waals surface area contributed by atoms with Gasteiger partial charge in [-0.2, -0.15) is 0 Å². The number of rotatable bonds is 8. The molecule has 36 heavy (non-hydrogen) atoms. The number of hydrogen-bond acceptors (Lipinski definition) is 5. The number of ether oxygens (including phenoxy) is 1. The number of nitrogens with zero attached hydrogens (tertiary/aromatic N) is 1. The van der Waals surface area contributed by atoms with Crippen molar-refractivity contribution in [1.82, 2.24) is 10.2 Å². The molecule has 8 nitrogen and oxygen atoms in total. The van der Waals surface area contributed by atoms with Crippen LogP contribution < -0.4 is 10.1 Å². The Morgan fingerprint density at radius 2 is 1.58 bits per heavy atom. The minimum atomic E-state index is -0.971. The van der Waals surface area contributed by atoms with E-state index in [-0.39, 0.29) is 36.1 Å². The summed E-state index contributed by atoms with van der Waals surface area (Å²) in [6.45, 7) is 7.17. The smallest absolute Gasteiger partial charge is 0.415 e. The maximum Gasteiger partial charge on any atom is 0.415 e. The number of aliphatic carboxylic acids is 1. The summed E-state index contributed by atoms with van der Waals surface area (Å²) < 4.78 is 5.64. The average molecular weight is 497 g/mol. The molecule has 0 unspecified atom stereocenters. The molecule has 0 heterocycles. The van der Waals surface area contributed by atoms with Crippen LogP contribution in [0.5, 0.6) is 11.5 Å². The molecule has 0 saturated heterocycles. The summed E-state index contributed by atoms with van der Waals surface area (Å²) in [6.07, 6.45) is 3.25. The summed E-state index contributed by atoms with van der Waals surface area (Å²) in [5, 5.41) is 20.8. The molecule has 8 heteroatoms. The predicted octanol–water partition coefficient (Wildman–Crippen LogP) is 5.20. The van der Waals surface area contributed by atoms with Crippen LogP contribution in [-0.4, -0.2) is 45.7 Å². The molecule has 3 rings (SSSR count). The van der Waals surface area contributed by atoms with Crippen molar-refractivity contribution in [3.8, 4) is 11.5 Å². The third-order valence-electron chi connectivity index (χ3n) is 6.83. The van der Waals surface area contributed by atoms with Crippen molar-refractivity contribution in [3.63, 3.8) is 0 Å². The van der Waals surface area contributed by atoms with Crippen molar-refractivity contribution in [2.45, 2.75) is 65.5 Å². The van der Waals surface area contributed by atoms with E-state index < -0.39 is 12.1 Å². The number of hydrogen-bond donors (Lipinski definition) is 3. The maximum atomic E-state index is 13.3. The molecule has 0 radical (unpaired) electrons. The van der Waals surface area contributed by atoms with Crippen molar-refractivity contribution in [1.29, 1.82) is 0 Å². The van der Waals surface area contributed by atoms with Gasteiger partial charge in [0.15, 0.2) is 0 Å². The molecule has 1 aliphatic carbocycles. The Kier molecular flexibility index (Phi) is 8.96. The highest BCUT2D eigenvalue weighted by Crippen LogP contribution is 2.39. The zero-order chi connectivity index (χ0) is 26.3. The van der Waals surface area contributed by atoms with Gasteiger partial charge in [0.2, 0.25) is 0 Å². The van der Waals surface area contributed by atoms with Crippen LogP contribution in [0.15, 0.2) is 48.5 Å². The standard InChI is InChI=1S/C28H36N2O6/c1-28(2,3)21-8-10-22(11-9-21)30(27(35)36-24-14-12-23(31)13-15-24)18-19-4-6-20(7-5-19)26(34)29-17-16-25(32)33/h4-7,12-15,21-22,31H,8-11,16-18H2,1-3H3,(H,29,34)(H,32,33). The third kappa shape index (κ3) is 7.73. The number of phenols is 1. The first-order chi connectivity index (χ1) is 17.0. The molecule has 1 fully saturated rings. The fraction of sp³-hybridized carbons (Fsp3) is 0.464. The highest BCUT2D eigenvalue weighted by atomic mass is 16.6. The normalized spacial score (nSPS) is 17.8. The molecule has 2 amide bonds. The van der Waals surface area contributed by atoms with Crippen LogP contribution in [0.2, 0.25) is 0 Å². The average Bonchev–Trinajstić information content (AvgIpc) is 2.83. The van der Waals surface area contributed by atoms with Gasteiger partial charge in [-0.15, -0.1) is 0 Å². The quantitative estimate of drug-likeness (QED) is 0.462. The fourth-order valence-corrected chi connectivity index (χ4v) is 4.61. The van der Waals surface area contributed by atoms with Gasteiger partial charge in [0.05, 0.1) is 6.42 Å².